The number of fused-ring (bicyclic) bond motifs is 1. The number of piperidine rings is 1. The summed E-state index contributed by atoms with van der Waals surface area (Å²) in [4.78, 5) is 31.7. The quantitative estimate of drug-likeness (QED) is 0.704. The van der Waals surface area contributed by atoms with Crippen molar-refractivity contribution in [3.63, 3.8) is 0 Å². The van der Waals surface area contributed by atoms with E-state index in [2.05, 4.69) is 29.2 Å². The first-order valence-electron chi connectivity index (χ1n) is 9.88. The Kier molecular flexibility index (Phi) is 5.24. The summed E-state index contributed by atoms with van der Waals surface area (Å²) < 4.78 is 1.43. The van der Waals surface area contributed by atoms with Gasteiger partial charge in [-0.25, -0.2) is 4.98 Å². The molecule has 0 unspecified atom stereocenters. The lowest BCUT2D eigenvalue weighted by atomic mass is 9.90. The fourth-order valence-electron chi connectivity index (χ4n) is 4.03. The van der Waals surface area contributed by atoms with Gasteiger partial charge in [0.25, 0.3) is 5.56 Å². The summed E-state index contributed by atoms with van der Waals surface area (Å²) in [6.07, 6.45) is 4.57. The van der Waals surface area contributed by atoms with Crippen LogP contribution >= 0.6 is 0 Å². The van der Waals surface area contributed by atoms with Crippen LogP contribution in [0.1, 0.15) is 24.0 Å². The van der Waals surface area contributed by atoms with Crippen molar-refractivity contribution in [2.24, 2.45) is 5.92 Å². The fourth-order valence-corrected chi connectivity index (χ4v) is 4.03. The Labute approximate surface area is 164 Å². The van der Waals surface area contributed by atoms with Gasteiger partial charge in [-0.3, -0.25) is 14.2 Å². The van der Waals surface area contributed by atoms with Crippen LogP contribution < -0.4 is 5.56 Å². The first kappa shape index (κ1) is 18.4. The highest BCUT2D eigenvalue weighted by molar-refractivity contribution is 5.81. The van der Waals surface area contributed by atoms with E-state index in [1.807, 2.05) is 30.0 Å². The minimum absolute atomic E-state index is 0.00550. The maximum Gasteiger partial charge on any atom is 0.261 e. The normalized spacial score (nSPS) is 15.1. The van der Waals surface area contributed by atoms with E-state index in [0.29, 0.717) is 16.8 Å². The average Bonchev–Trinajstić information content (AvgIpc) is 2.72. The Balaban J connectivity index is 1.39. The van der Waals surface area contributed by atoms with Crippen molar-refractivity contribution in [2.75, 3.05) is 13.1 Å². The molecule has 5 heteroatoms. The van der Waals surface area contributed by atoms with Gasteiger partial charge in [-0.05, 0) is 49.3 Å². The summed E-state index contributed by atoms with van der Waals surface area (Å²) in [6, 6.07) is 16.1. The summed E-state index contributed by atoms with van der Waals surface area (Å²) >= 11 is 0. The van der Waals surface area contributed by atoms with Crippen molar-refractivity contribution in [1.82, 2.24) is 14.5 Å². The number of para-hydroxylation sites is 1. The summed E-state index contributed by atoms with van der Waals surface area (Å²) in [5, 5.41) is 0.567. The number of hydrogen-bond donors (Lipinski definition) is 0. The molecule has 4 rings (SSSR count). The monoisotopic (exact) mass is 375 g/mol. The molecule has 0 aliphatic carbocycles. The van der Waals surface area contributed by atoms with Crippen LogP contribution in [0.2, 0.25) is 0 Å². The topological polar surface area (TPSA) is 55.2 Å². The van der Waals surface area contributed by atoms with E-state index in [-0.39, 0.29) is 18.0 Å². The number of amides is 1. The van der Waals surface area contributed by atoms with Gasteiger partial charge in [-0.1, -0.05) is 42.5 Å². The zero-order valence-corrected chi connectivity index (χ0v) is 16.2. The van der Waals surface area contributed by atoms with Gasteiger partial charge in [0.15, 0.2) is 0 Å². The standard InChI is InChI=1S/C23H25N3O2/c1-17-6-5-9-20-22(17)24-16-26(23(20)28)15-21(27)25-12-10-19(11-13-25)14-18-7-3-2-4-8-18/h2-9,16,19H,10-15H2,1H3. The molecule has 1 saturated heterocycles. The van der Waals surface area contributed by atoms with Crippen LogP contribution in [-0.4, -0.2) is 33.4 Å². The van der Waals surface area contributed by atoms with E-state index in [1.165, 1.54) is 16.5 Å². The largest absolute Gasteiger partial charge is 0.341 e. The molecule has 2 aromatic carbocycles. The van der Waals surface area contributed by atoms with Gasteiger partial charge in [-0.2, -0.15) is 0 Å². The van der Waals surface area contributed by atoms with Gasteiger partial charge in [0.05, 0.1) is 17.2 Å². The van der Waals surface area contributed by atoms with E-state index in [0.717, 1.165) is 37.9 Å². The average molecular weight is 375 g/mol. The third-order valence-electron chi connectivity index (χ3n) is 5.70. The first-order valence-corrected chi connectivity index (χ1v) is 9.88. The minimum atomic E-state index is -0.152. The molecule has 0 radical (unpaired) electrons. The minimum Gasteiger partial charge on any atom is -0.341 e. The molecule has 1 amide bonds. The van der Waals surface area contributed by atoms with E-state index in [9.17, 15) is 9.59 Å². The molecular formula is C23H25N3O2. The number of nitrogens with zero attached hydrogens (tertiary/aromatic N) is 3. The lowest BCUT2D eigenvalue weighted by Gasteiger charge is -2.32. The molecule has 0 saturated carbocycles. The molecule has 0 spiro atoms. The van der Waals surface area contributed by atoms with Gasteiger partial charge in [0.1, 0.15) is 6.54 Å². The summed E-state index contributed by atoms with van der Waals surface area (Å²) in [7, 11) is 0. The van der Waals surface area contributed by atoms with Crippen LogP contribution in [0.25, 0.3) is 10.9 Å². The van der Waals surface area contributed by atoms with E-state index in [4.69, 9.17) is 0 Å². The van der Waals surface area contributed by atoms with Crippen LogP contribution in [-0.2, 0) is 17.8 Å². The van der Waals surface area contributed by atoms with Gasteiger partial charge < -0.3 is 4.90 Å². The predicted octanol–water partition coefficient (Wildman–Crippen LogP) is 3.19. The molecular weight excluding hydrogens is 350 g/mol. The Morgan fingerprint density at radius 3 is 2.57 bits per heavy atom. The van der Waals surface area contributed by atoms with Crippen molar-refractivity contribution in [3.05, 3.63) is 76.3 Å². The number of aryl methyl sites for hydroxylation is 1. The third-order valence-corrected chi connectivity index (χ3v) is 5.70. The second-order valence-corrected chi connectivity index (χ2v) is 7.66. The molecule has 1 aliphatic rings. The molecule has 0 bridgehead atoms. The molecule has 0 N–H and O–H groups in total. The molecule has 0 atom stereocenters. The second kappa shape index (κ2) is 7.97. The fraction of sp³-hybridized carbons (Fsp3) is 0.348. The van der Waals surface area contributed by atoms with Crippen LogP contribution in [0, 0.1) is 12.8 Å². The van der Waals surface area contributed by atoms with Crippen molar-refractivity contribution < 1.29 is 4.79 Å². The number of likely N-dealkylation sites (tertiary alicyclic amines) is 1. The van der Waals surface area contributed by atoms with Crippen LogP contribution in [0.5, 0.6) is 0 Å². The Hall–Kier alpha value is -2.95. The lowest BCUT2D eigenvalue weighted by Crippen LogP contribution is -2.42. The number of benzene rings is 2. The number of aromatic nitrogens is 2. The second-order valence-electron chi connectivity index (χ2n) is 7.66. The van der Waals surface area contributed by atoms with Crippen LogP contribution in [0.15, 0.2) is 59.7 Å². The molecule has 1 fully saturated rings. The highest BCUT2D eigenvalue weighted by Gasteiger charge is 2.23. The number of hydrogen-bond acceptors (Lipinski definition) is 3. The summed E-state index contributed by atoms with van der Waals surface area (Å²) in [5.41, 5.74) is 2.88. The zero-order chi connectivity index (χ0) is 19.5. The predicted molar refractivity (Wildman–Crippen MR) is 110 cm³/mol. The van der Waals surface area contributed by atoms with Crippen molar-refractivity contribution in [1.29, 1.82) is 0 Å². The highest BCUT2D eigenvalue weighted by Crippen LogP contribution is 2.22. The molecule has 28 heavy (non-hydrogen) atoms. The van der Waals surface area contributed by atoms with E-state index in [1.54, 1.807) is 6.07 Å². The van der Waals surface area contributed by atoms with E-state index < -0.39 is 0 Å². The molecule has 144 valence electrons. The van der Waals surface area contributed by atoms with Gasteiger partial charge in [0, 0.05) is 13.1 Å². The molecule has 2 heterocycles. The molecule has 1 aromatic heterocycles. The van der Waals surface area contributed by atoms with Crippen LogP contribution in [0.3, 0.4) is 0 Å². The Morgan fingerprint density at radius 1 is 1.07 bits per heavy atom. The molecule has 3 aromatic rings. The zero-order valence-electron chi connectivity index (χ0n) is 16.2. The SMILES string of the molecule is Cc1cccc2c(=O)n(CC(=O)N3CCC(Cc4ccccc4)CC3)cnc12. The Bertz CT molecular complexity index is 1030. The maximum absolute atomic E-state index is 12.7. The highest BCUT2D eigenvalue weighted by atomic mass is 16.2. The number of carbonyl (C=O) groups is 1. The van der Waals surface area contributed by atoms with E-state index >= 15 is 0 Å². The first-order chi connectivity index (χ1) is 13.6. The van der Waals surface area contributed by atoms with Crippen molar-refractivity contribution in [2.45, 2.75) is 32.7 Å². The van der Waals surface area contributed by atoms with Gasteiger partial charge >= 0.3 is 0 Å². The van der Waals surface area contributed by atoms with Crippen molar-refractivity contribution >= 4 is 16.8 Å². The maximum atomic E-state index is 12.7. The smallest absolute Gasteiger partial charge is 0.261 e. The number of rotatable bonds is 4. The lowest BCUT2D eigenvalue weighted by molar-refractivity contribution is -0.133. The Morgan fingerprint density at radius 2 is 1.82 bits per heavy atom. The third kappa shape index (κ3) is 3.84. The summed E-state index contributed by atoms with van der Waals surface area (Å²) in [5.74, 6) is 0.605. The van der Waals surface area contributed by atoms with Gasteiger partial charge in [-0.15, -0.1) is 0 Å². The molecule has 5 nitrogen and oxygen atoms in total. The van der Waals surface area contributed by atoms with Gasteiger partial charge in [0.2, 0.25) is 5.91 Å². The van der Waals surface area contributed by atoms with Crippen molar-refractivity contribution in [3.8, 4) is 0 Å². The summed E-state index contributed by atoms with van der Waals surface area (Å²) in [6.45, 7) is 3.50. The van der Waals surface area contributed by atoms with Crippen LogP contribution in [0.4, 0.5) is 0 Å². The molecule has 1 aliphatic heterocycles. The number of carbonyl (C=O) groups excluding carboxylic acids is 1.